The Hall–Kier alpha value is -2.51. The average Bonchev–Trinajstić information content (AvgIpc) is 3.03. The van der Waals surface area contributed by atoms with Crippen molar-refractivity contribution < 1.29 is 14.4 Å². The number of imide groups is 1. The molecule has 7 nitrogen and oxygen atoms in total. The van der Waals surface area contributed by atoms with Crippen molar-refractivity contribution in [3.8, 4) is 0 Å². The Morgan fingerprint density at radius 1 is 1.14 bits per heavy atom. The molecule has 7 heteroatoms. The van der Waals surface area contributed by atoms with E-state index in [4.69, 9.17) is 0 Å². The molecule has 0 aromatic heterocycles. The number of amides is 3. The molecule has 3 aliphatic heterocycles. The van der Waals surface area contributed by atoms with E-state index in [9.17, 15) is 14.4 Å². The Bertz CT molecular complexity index is 825. The first-order valence-corrected chi connectivity index (χ1v) is 9.98. The molecular weight excluding hydrogens is 356 g/mol. The van der Waals surface area contributed by atoms with Crippen molar-refractivity contribution in [1.29, 1.82) is 0 Å². The smallest absolute Gasteiger partial charge is 0.255 e. The van der Waals surface area contributed by atoms with Crippen LogP contribution in [0.2, 0.25) is 0 Å². The molecule has 28 heavy (non-hydrogen) atoms. The largest absolute Gasteiger partial charge is 0.322 e. The summed E-state index contributed by atoms with van der Waals surface area (Å²) in [6.45, 7) is 3.90. The van der Waals surface area contributed by atoms with Gasteiger partial charge >= 0.3 is 0 Å². The maximum absolute atomic E-state index is 13.0. The summed E-state index contributed by atoms with van der Waals surface area (Å²) >= 11 is 0. The fourth-order valence-electron chi connectivity index (χ4n) is 4.21. The number of nitrogens with one attached hydrogen (secondary N) is 3. The van der Waals surface area contributed by atoms with Crippen molar-refractivity contribution in [2.24, 2.45) is 0 Å². The zero-order valence-electron chi connectivity index (χ0n) is 15.9. The van der Waals surface area contributed by atoms with Gasteiger partial charge in [-0.05, 0) is 43.5 Å². The average molecular weight is 382 g/mol. The minimum Gasteiger partial charge on any atom is -0.322 e. The van der Waals surface area contributed by atoms with Crippen molar-refractivity contribution in [3.63, 3.8) is 0 Å². The first kappa shape index (κ1) is 18.8. The molecular formula is C21H26N4O3. The SMILES string of the molecule is O=C1CCC(N2Cc3cccc(CNCC=C4CCNCC4)c3C2=O)C(=O)N1. The van der Waals surface area contributed by atoms with E-state index in [1.54, 1.807) is 4.90 Å². The Labute approximate surface area is 164 Å². The van der Waals surface area contributed by atoms with Crippen LogP contribution in [0.4, 0.5) is 0 Å². The van der Waals surface area contributed by atoms with Crippen molar-refractivity contribution in [3.05, 3.63) is 46.5 Å². The van der Waals surface area contributed by atoms with E-state index >= 15 is 0 Å². The van der Waals surface area contributed by atoms with Crippen LogP contribution < -0.4 is 16.0 Å². The zero-order valence-corrected chi connectivity index (χ0v) is 15.9. The quantitative estimate of drug-likeness (QED) is 0.399. The van der Waals surface area contributed by atoms with Gasteiger partial charge in [-0.15, -0.1) is 0 Å². The second-order valence-electron chi connectivity index (χ2n) is 7.59. The van der Waals surface area contributed by atoms with E-state index in [0.717, 1.165) is 43.6 Å². The lowest BCUT2D eigenvalue weighted by molar-refractivity contribution is -0.136. The minimum absolute atomic E-state index is 0.112. The number of carbonyl (C=O) groups excluding carboxylic acids is 3. The first-order chi connectivity index (χ1) is 13.6. The van der Waals surface area contributed by atoms with Gasteiger partial charge in [-0.3, -0.25) is 19.7 Å². The second-order valence-corrected chi connectivity index (χ2v) is 7.59. The monoisotopic (exact) mass is 382 g/mol. The van der Waals surface area contributed by atoms with Gasteiger partial charge in [-0.2, -0.15) is 0 Å². The van der Waals surface area contributed by atoms with Gasteiger partial charge in [0.1, 0.15) is 6.04 Å². The highest BCUT2D eigenvalue weighted by Gasteiger charge is 2.39. The van der Waals surface area contributed by atoms with Gasteiger partial charge in [0.15, 0.2) is 0 Å². The number of hydrogen-bond donors (Lipinski definition) is 3. The highest BCUT2D eigenvalue weighted by molar-refractivity contribution is 6.05. The third kappa shape index (κ3) is 3.86. The summed E-state index contributed by atoms with van der Waals surface area (Å²) in [5.74, 6) is -0.748. The van der Waals surface area contributed by atoms with Crippen molar-refractivity contribution in [1.82, 2.24) is 20.9 Å². The van der Waals surface area contributed by atoms with Gasteiger partial charge in [0.05, 0.1) is 0 Å². The fraction of sp³-hybridized carbons (Fsp3) is 0.476. The molecule has 2 fully saturated rings. The minimum atomic E-state index is -0.567. The molecule has 3 aliphatic rings. The van der Waals surface area contributed by atoms with Crippen molar-refractivity contribution >= 4 is 17.7 Å². The summed E-state index contributed by atoms with van der Waals surface area (Å²) < 4.78 is 0. The maximum atomic E-state index is 13.0. The number of fused-ring (bicyclic) bond motifs is 1. The molecule has 0 aliphatic carbocycles. The summed E-state index contributed by atoms with van der Waals surface area (Å²) in [5.41, 5.74) is 4.09. The van der Waals surface area contributed by atoms with E-state index in [0.29, 0.717) is 25.1 Å². The Balaban J connectivity index is 1.41. The lowest BCUT2D eigenvalue weighted by Gasteiger charge is -2.29. The Morgan fingerprint density at radius 3 is 2.75 bits per heavy atom. The molecule has 148 valence electrons. The highest BCUT2D eigenvalue weighted by atomic mass is 16.2. The lowest BCUT2D eigenvalue weighted by atomic mass is 10.0. The molecule has 0 radical (unpaired) electrons. The number of hydrogen-bond acceptors (Lipinski definition) is 5. The molecule has 1 atom stereocenters. The normalized spacial score (nSPS) is 22.3. The summed E-state index contributed by atoms with van der Waals surface area (Å²) in [6, 6.07) is 5.31. The number of rotatable bonds is 5. The van der Waals surface area contributed by atoms with Crippen molar-refractivity contribution in [2.75, 3.05) is 19.6 Å². The van der Waals surface area contributed by atoms with Crippen LogP contribution in [0.15, 0.2) is 29.8 Å². The van der Waals surface area contributed by atoms with Crippen LogP contribution in [0.25, 0.3) is 0 Å². The van der Waals surface area contributed by atoms with Crippen LogP contribution in [0.3, 0.4) is 0 Å². The summed E-state index contributed by atoms with van der Waals surface area (Å²) in [5, 5.41) is 9.11. The number of nitrogens with zero attached hydrogens (tertiary/aromatic N) is 1. The number of piperidine rings is 2. The highest BCUT2D eigenvalue weighted by Crippen LogP contribution is 2.29. The molecule has 0 spiro atoms. The predicted octanol–water partition coefficient (Wildman–Crippen LogP) is 0.847. The fourth-order valence-corrected chi connectivity index (χ4v) is 4.21. The summed E-state index contributed by atoms with van der Waals surface area (Å²) in [7, 11) is 0. The van der Waals surface area contributed by atoms with Crippen LogP contribution in [0.5, 0.6) is 0 Å². The van der Waals surface area contributed by atoms with E-state index < -0.39 is 6.04 Å². The van der Waals surface area contributed by atoms with E-state index in [1.807, 2.05) is 18.2 Å². The van der Waals surface area contributed by atoms with E-state index in [-0.39, 0.29) is 24.1 Å². The summed E-state index contributed by atoms with van der Waals surface area (Å²) in [4.78, 5) is 38.2. The zero-order chi connectivity index (χ0) is 19.5. The lowest BCUT2D eigenvalue weighted by Crippen LogP contribution is -2.52. The molecule has 1 aromatic rings. The van der Waals surface area contributed by atoms with Crippen LogP contribution in [-0.2, 0) is 22.7 Å². The molecule has 3 amide bonds. The third-order valence-corrected chi connectivity index (χ3v) is 5.74. The Morgan fingerprint density at radius 2 is 1.96 bits per heavy atom. The number of benzene rings is 1. The van der Waals surface area contributed by atoms with Gasteiger partial charge in [-0.1, -0.05) is 29.8 Å². The standard InChI is InChI=1S/C21H26N4O3/c26-18-5-4-17(20(27)24-18)25-13-16-3-1-2-15(19(16)21(25)28)12-23-11-8-14-6-9-22-10-7-14/h1-3,8,17,22-23H,4-7,9-13H2,(H,24,26,27). The third-order valence-electron chi connectivity index (χ3n) is 5.74. The molecule has 1 unspecified atom stereocenters. The number of carbonyl (C=O) groups is 3. The second kappa shape index (κ2) is 8.24. The Kier molecular flexibility index (Phi) is 5.54. The molecule has 4 rings (SSSR count). The first-order valence-electron chi connectivity index (χ1n) is 9.98. The van der Waals surface area contributed by atoms with E-state index in [2.05, 4.69) is 22.0 Å². The van der Waals surface area contributed by atoms with Gasteiger partial charge in [-0.25, -0.2) is 0 Å². The van der Waals surface area contributed by atoms with Crippen LogP contribution >= 0.6 is 0 Å². The van der Waals surface area contributed by atoms with Crippen LogP contribution in [0.1, 0.15) is 47.2 Å². The van der Waals surface area contributed by atoms with Gasteiger partial charge < -0.3 is 15.5 Å². The van der Waals surface area contributed by atoms with Gasteiger partial charge in [0.25, 0.3) is 5.91 Å². The molecule has 2 saturated heterocycles. The molecule has 1 aromatic carbocycles. The van der Waals surface area contributed by atoms with Gasteiger partial charge in [0.2, 0.25) is 11.8 Å². The van der Waals surface area contributed by atoms with Gasteiger partial charge in [0, 0.05) is 31.6 Å². The topological polar surface area (TPSA) is 90.5 Å². The molecule has 0 bridgehead atoms. The van der Waals surface area contributed by atoms with Crippen LogP contribution in [0, 0.1) is 0 Å². The molecule has 0 saturated carbocycles. The molecule has 3 heterocycles. The maximum Gasteiger partial charge on any atom is 0.255 e. The van der Waals surface area contributed by atoms with E-state index in [1.165, 1.54) is 5.57 Å². The predicted molar refractivity (Wildman–Crippen MR) is 104 cm³/mol. The molecule has 3 N–H and O–H groups in total. The summed E-state index contributed by atoms with van der Waals surface area (Å²) in [6.07, 6.45) is 5.11. The van der Waals surface area contributed by atoms with Crippen molar-refractivity contribution in [2.45, 2.75) is 44.8 Å². The van der Waals surface area contributed by atoms with Crippen LogP contribution in [-0.4, -0.2) is 48.3 Å².